The Hall–Kier alpha value is -2.38. The highest BCUT2D eigenvalue weighted by molar-refractivity contribution is 7.89. The molecule has 29 heavy (non-hydrogen) atoms. The van der Waals surface area contributed by atoms with Crippen molar-refractivity contribution in [2.24, 2.45) is 0 Å². The molecule has 0 heterocycles. The first-order valence-electron chi connectivity index (χ1n) is 10.0. The number of aryl methyl sites for hydroxylation is 2. The van der Waals surface area contributed by atoms with Crippen molar-refractivity contribution in [3.8, 4) is 5.75 Å². The largest absolute Gasteiger partial charge is 0.484 e. The number of hydrogen-bond donors (Lipinski definition) is 1. The van der Waals surface area contributed by atoms with Crippen LogP contribution in [0.15, 0.2) is 47.4 Å². The molecule has 2 aromatic carbocycles. The van der Waals surface area contributed by atoms with E-state index in [1.807, 2.05) is 18.2 Å². The monoisotopic (exact) mass is 418 g/mol. The molecule has 0 aliphatic heterocycles. The summed E-state index contributed by atoms with van der Waals surface area (Å²) in [6.45, 7) is 8.38. The van der Waals surface area contributed by atoms with Gasteiger partial charge < -0.3 is 10.1 Å². The van der Waals surface area contributed by atoms with Gasteiger partial charge in [0.1, 0.15) is 5.75 Å². The fraction of sp³-hybridized carbons (Fsp3) is 0.409. The number of nitrogens with one attached hydrogen (secondary N) is 1. The van der Waals surface area contributed by atoms with Gasteiger partial charge in [0.05, 0.1) is 4.90 Å². The van der Waals surface area contributed by atoms with Crippen molar-refractivity contribution in [1.29, 1.82) is 0 Å². The second kappa shape index (κ2) is 10.4. The number of benzene rings is 2. The van der Waals surface area contributed by atoms with E-state index >= 15 is 0 Å². The Labute approximate surface area is 173 Å². The van der Waals surface area contributed by atoms with Crippen LogP contribution in [0.5, 0.6) is 5.75 Å². The maximum absolute atomic E-state index is 12.5. The van der Waals surface area contributed by atoms with Gasteiger partial charge in [-0.25, -0.2) is 8.42 Å². The molecule has 0 spiro atoms. The van der Waals surface area contributed by atoms with Crippen LogP contribution in [0.2, 0.25) is 0 Å². The minimum Gasteiger partial charge on any atom is -0.484 e. The first-order valence-corrected chi connectivity index (χ1v) is 11.4. The highest BCUT2D eigenvalue weighted by atomic mass is 32.2. The summed E-state index contributed by atoms with van der Waals surface area (Å²) in [6, 6.07) is 12.2. The van der Waals surface area contributed by atoms with Gasteiger partial charge in [0.2, 0.25) is 10.0 Å². The average Bonchev–Trinajstić information content (AvgIpc) is 2.73. The number of sulfonamides is 1. The third-order valence-corrected chi connectivity index (χ3v) is 6.86. The molecule has 7 heteroatoms. The number of anilines is 1. The van der Waals surface area contributed by atoms with Crippen molar-refractivity contribution in [3.05, 3.63) is 53.6 Å². The quantitative estimate of drug-likeness (QED) is 0.636. The molecule has 6 nitrogen and oxygen atoms in total. The van der Waals surface area contributed by atoms with Gasteiger partial charge in [-0.2, -0.15) is 4.31 Å². The van der Waals surface area contributed by atoms with Gasteiger partial charge in [0, 0.05) is 18.8 Å². The molecule has 0 fully saturated rings. The number of carbonyl (C=O) groups excluding carboxylic acids is 1. The van der Waals surface area contributed by atoms with Crippen LogP contribution < -0.4 is 10.1 Å². The van der Waals surface area contributed by atoms with Crippen molar-refractivity contribution in [1.82, 2.24) is 4.31 Å². The standard InChI is InChI=1S/C22H30N2O4S/c1-5-17-10-9-11-18(6-2)22(17)23-21(25)16-28-19-12-14-20(15-13-19)29(26,27)24(7-3)8-4/h9-15H,5-8,16H2,1-4H3,(H,23,25). The Kier molecular flexibility index (Phi) is 8.22. The second-order valence-electron chi connectivity index (χ2n) is 6.56. The lowest BCUT2D eigenvalue weighted by Crippen LogP contribution is -2.30. The van der Waals surface area contributed by atoms with Crippen LogP contribution in [0, 0.1) is 0 Å². The summed E-state index contributed by atoms with van der Waals surface area (Å²) >= 11 is 0. The minimum atomic E-state index is -3.51. The van der Waals surface area contributed by atoms with Gasteiger partial charge in [0.25, 0.3) is 5.91 Å². The number of amides is 1. The molecule has 2 rings (SSSR count). The molecule has 0 aliphatic rings. The summed E-state index contributed by atoms with van der Waals surface area (Å²) < 4.78 is 32.0. The summed E-state index contributed by atoms with van der Waals surface area (Å²) in [6.07, 6.45) is 1.65. The predicted molar refractivity (Wildman–Crippen MR) is 116 cm³/mol. The minimum absolute atomic E-state index is 0.149. The molecular weight excluding hydrogens is 388 g/mol. The number of para-hydroxylation sites is 1. The average molecular weight is 419 g/mol. The highest BCUT2D eigenvalue weighted by Crippen LogP contribution is 2.23. The molecule has 0 unspecified atom stereocenters. The van der Waals surface area contributed by atoms with E-state index in [2.05, 4.69) is 19.2 Å². The number of hydrogen-bond acceptors (Lipinski definition) is 4. The Morgan fingerprint density at radius 1 is 0.931 bits per heavy atom. The molecule has 1 amide bonds. The smallest absolute Gasteiger partial charge is 0.262 e. The Balaban J connectivity index is 2.03. The summed E-state index contributed by atoms with van der Waals surface area (Å²) in [4.78, 5) is 12.6. The first-order chi connectivity index (χ1) is 13.9. The van der Waals surface area contributed by atoms with E-state index < -0.39 is 10.0 Å². The van der Waals surface area contributed by atoms with Crippen LogP contribution in [0.4, 0.5) is 5.69 Å². The van der Waals surface area contributed by atoms with Gasteiger partial charge in [-0.3, -0.25) is 4.79 Å². The Morgan fingerprint density at radius 2 is 1.48 bits per heavy atom. The summed E-state index contributed by atoms with van der Waals surface area (Å²) in [7, 11) is -3.51. The van der Waals surface area contributed by atoms with Crippen molar-refractivity contribution in [2.45, 2.75) is 45.4 Å². The van der Waals surface area contributed by atoms with E-state index in [0.29, 0.717) is 18.8 Å². The molecule has 0 aromatic heterocycles. The van der Waals surface area contributed by atoms with E-state index in [9.17, 15) is 13.2 Å². The molecule has 0 bridgehead atoms. The normalized spacial score (nSPS) is 11.5. The molecule has 2 aromatic rings. The van der Waals surface area contributed by atoms with Crippen molar-refractivity contribution in [3.63, 3.8) is 0 Å². The fourth-order valence-electron chi connectivity index (χ4n) is 3.15. The van der Waals surface area contributed by atoms with E-state index in [-0.39, 0.29) is 17.4 Å². The van der Waals surface area contributed by atoms with Crippen LogP contribution in [-0.2, 0) is 27.7 Å². The lowest BCUT2D eigenvalue weighted by Gasteiger charge is -2.18. The van der Waals surface area contributed by atoms with E-state index in [4.69, 9.17) is 4.74 Å². The molecule has 0 atom stereocenters. The van der Waals surface area contributed by atoms with Gasteiger partial charge in [-0.1, -0.05) is 45.9 Å². The van der Waals surface area contributed by atoms with Crippen LogP contribution in [-0.4, -0.2) is 38.3 Å². The first kappa shape index (κ1) is 22.9. The predicted octanol–water partition coefficient (Wildman–Crippen LogP) is 3.86. The molecule has 158 valence electrons. The number of ether oxygens (including phenoxy) is 1. The fourth-order valence-corrected chi connectivity index (χ4v) is 4.61. The van der Waals surface area contributed by atoms with Gasteiger partial charge in [0.15, 0.2) is 6.61 Å². The maximum atomic E-state index is 12.5. The van der Waals surface area contributed by atoms with Crippen molar-refractivity contribution >= 4 is 21.6 Å². The van der Waals surface area contributed by atoms with E-state index in [1.165, 1.54) is 16.4 Å². The number of rotatable bonds is 10. The van der Waals surface area contributed by atoms with Crippen LogP contribution in [0.25, 0.3) is 0 Å². The molecule has 0 saturated heterocycles. The van der Waals surface area contributed by atoms with Crippen LogP contribution in [0.3, 0.4) is 0 Å². The van der Waals surface area contributed by atoms with Gasteiger partial charge in [-0.05, 0) is 48.2 Å². The van der Waals surface area contributed by atoms with Crippen molar-refractivity contribution < 1.29 is 17.9 Å². The zero-order valence-electron chi connectivity index (χ0n) is 17.6. The van der Waals surface area contributed by atoms with Gasteiger partial charge in [-0.15, -0.1) is 0 Å². The SMILES string of the molecule is CCc1cccc(CC)c1NC(=O)COc1ccc(S(=O)(=O)N(CC)CC)cc1. The molecular formula is C22H30N2O4S. The highest BCUT2D eigenvalue weighted by Gasteiger charge is 2.21. The molecule has 1 N–H and O–H groups in total. The molecule has 0 aliphatic carbocycles. The Morgan fingerprint density at radius 3 is 1.97 bits per heavy atom. The zero-order chi connectivity index (χ0) is 21.4. The Bertz CT molecular complexity index is 898. The molecule has 0 saturated carbocycles. The van der Waals surface area contributed by atoms with Crippen LogP contribution >= 0.6 is 0 Å². The topological polar surface area (TPSA) is 75.7 Å². The third kappa shape index (κ3) is 5.58. The lowest BCUT2D eigenvalue weighted by atomic mass is 10.0. The summed E-state index contributed by atoms with van der Waals surface area (Å²) in [5, 5.41) is 2.95. The zero-order valence-corrected chi connectivity index (χ0v) is 18.4. The van der Waals surface area contributed by atoms with E-state index in [1.54, 1.807) is 26.0 Å². The van der Waals surface area contributed by atoms with Gasteiger partial charge >= 0.3 is 0 Å². The lowest BCUT2D eigenvalue weighted by molar-refractivity contribution is -0.118. The maximum Gasteiger partial charge on any atom is 0.262 e. The summed E-state index contributed by atoms with van der Waals surface area (Å²) in [5.74, 6) is 0.193. The summed E-state index contributed by atoms with van der Waals surface area (Å²) in [5.41, 5.74) is 3.03. The third-order valence-electron chi connectivity index (χ3n) is 4.80. The van der Waals surface area contributed by atoms with E-state index in [0.717, 1.165) is 29.7 Å². The molecule has 0 radical (unpaired) electrons. The van der Waals surface area contributed by atoms with Crippen molar-refractivity contribution in [2.75, 3.05) is 25.0 Å². The number of carbonyl (C=O) groups is 1. The second-order valence-corrected chi connectivity index (χ2v) is 8.49. The number of nitrogens with zero attached hydrogens (tertiary/aromatic N) is 1. The van der Waals surface area contributed by atoms with Crippen LogP contribution in [0.1, 0.15) is 38.8 Å².